The molecule has 0 N–H and O–H groups in total. The molecule has 0 spiro atoms. The Morgan fingerprint density at radius 3 is 2.95 bits per heavy atom. The van der Waals surface area contributed by atoms with E-state index in [9.17, 15) is 4.79 Å². The van der Waals surface area contributed by atoms with Crippen LogP contribution in [0.15, 0.2) is 17.1 Å². The Morgan fingerprint density at radius 1 is 1.45 bits per heavy atom. The maximum absolute atomic E-state index is 12.0. The molecule has 1 unspecified atom stereocenters. The van der Waals surface area contributed by atoms with E-state index in [-0.39, 0.29) is 11.7 Å². The zero-order chi connectivity index (χ0) is 14.4. The molecule has 1 aliphatic rings. The van der Waals surface area contributed by atoms with Crippen LogP contribution >= 0.6 is 11.6 Å². The number of rotatable bonds is 7. The van der Waals surface area contributed by atoms with Crippen molar-refractivity contribution in [2.45, 2.75) is 38.3 Å². The van der Waals surface area contributed by atoms with Crippen LogP contribution in [0.4, 0.5) is 5.69 Å². The van der Waals surface area contributed by atoms with Gasteiger partial charge in [-0.2, -0.15) is 5.10 Å². The molecule has 1 saturated heterocycles. The molecule has 2 rings (SSSR count). The number of hydrogen-bond acceptors (Lipinski definition) is 4. The molecule has 0 saturated carbocycles. The van der Waals surface area contributed by atoms with Crippen LogP contribution < -0.4 is 10.5 Å². The Hall–Kier alpha value is -1.07. The van der Waals surface area contributed by atoms with Crippen LogP contribution in [0.1, 0.15) is 25.7 Å². The van der Waals surface area contributed by atoms with E-state index in [0.717, 1.165) is 44.5 Å². The number of anilines is 1. The van der Waals surface area contributed by atoms with Gasteiger partial charge in [0, 0.05) is 38.7 Å². The number of hydrogen-bond donors (Lipinski definition) is 0. The van der Waals surface area contributed by atoms with Crippen LogP contribution in [-0.2, 0) is 11.3 Å². The largest absolute Gasteiger partial charge is 0.380 e. The maximum Gasteiger partial charge on any atom is 0.268 e. The van der Waals surface area contributed by atoms with Crippen molar-refractivity contribution in [3.8, 4) is 0 Å². The van der Waals surface area contributed by atoms with Crippen molar-refractivity contribution in [2.75, 3.05) is 31.0 Å². The first-order valence-electron chi connectivity index (χ1n) is 7.15. The van der Waals surface area contributed by atoms with Crippen molar-refractivity contribution in [3.63, 3.8) is 0 Å². The van der Waals surface area contributed by atoms with Gasteiger partial charge in [0.15, 0.2) is 0 Å². The number of halogens is 1. The van der Waals surface area contributed by atoms with Crippen LogP contribution in [0.25, 0.3) is 0 Å². The lowest BCUT2D eigenvalue weighted by Gasteiger charge is -2.18. The summed E-state index contributed by atoms with van der Waals surface area (Å²) in [4.78, 5) is 14.2. The Morgan fingerprint density at radius 2 is 2.30 bits per heavy atom. The van der Waals surface area contributed by atoms with E-state index in [1.165, 1.54) is 4.68 Å². The highest BCUT2D eigenvalue weighted by molar-refractivity contribution is 6.17. The zero-order valence-electron chi connectivity index (χ0n) is 11.9. The quantitative estimate of drug-likeness (QED) is 0.570. The van der Waals surface area contributed by atoms with Crippen LogP contribution in [0.2, 0.25) is 0 Å². The van der Waals surface area contributed by atoms with E-state index in [2.05, 4.69) is 10.00 Å². The van der Waals surface area contributed by atoms with Crippen molar-refractivity contribution in [2.24, 2.45) is 0 Å². The van der Waals surface area contributed by atoms with Crippen LogP contribution in [0.3, 0.4) is 0 Å². The van der Waals surface area contributed by atoms with Gasteiger partial charge in [0.05, 0.1) is 18.0 Å². The third-order valence-electron chi connectivity index (χ3n) is 3.70. The molecular weight excluding hydrogens is 278 g/mol. The number of ether oxygens (including phenoxy) is 1. The van der Waals surface area contributed by atoms with Gasteiger partial charge < -0.3 is 9.64 Å². The van der Waals surface area contributed by atoms with Gasteiger partial charge in [0.1, 0.15) is 0 Å². The molecule has 0 aromatic carbocycles. The molecule has 1 aromatic heterocycles. The summed E-state index contributed by atoms with van der Waals surface area (Å²) in [5, 5.41) is 4.26. The van der Waals surface area contributed by atoms with Gasteiger partial charge in [-0.3, -0.25) is 4.79 Å². The number of nitrogens with zero attached hydrogens (tertiary/aromatic N) is 3. The van der Waals surface area contributed by atoms with Crippen molar-refractivity contribution >= 4 is 17.3 Å². The fraction of sp³-hybridized carbons (Fsp3) is 0.714. The fourth-order valence-electron chi connectivity index (χ4n) is 2.45. The molecule has 6 heteroatoms. The van der Waals surface area contributed by atoms with Crippen LogP contribution in [0.5, 0.6) is 0 Å². The summed E-state index contributed by atoms with van der Waals surface area (Å²) < 4.78 is 6.87. The zero-order valence-corrected chi connectivity index (χ0v) is 12.7. The van der Waals surface area contributed by atoms with Crippen molar-refractivity contribution in [1.82, 2.24) is 9.78 Å². The normalized spacial score (nSPS) is 18.7. The van der Waals surface area contributed by atoms with E-state index in [0.29, 0.717) is 12.4 Å². The molecule has 2 heterocycles. The molecule has 0 aliphatic carbocycles. The van der Waals surface area contributed by atoms with Crippen LogP contribution in [0, 0.1) is 0 Å². The van der Waals surface area contributed by atoms with Gasteiger partial charge in [0.25, 0.3) is 5.56 Å². The summed E-state index contributed by atoms with van der Waals surface area (Å²) >= 11 is 5.63. The van der Waals surface area contributed by atoms with Gasteiger partial charge in [-0.15, -0.1) is 11.6 Å². The number of alkyl halides is 1. The van der Waals surface area contributed by atoms with Gasteiger partial charge in [-0.1, -0.05) is 6.42 Å². The minimum absolute atomic E-state index is 0.0331. The van der Waals surface area contributed by atoms with Gasteiger partial charge >= 0.3 is 0 Å². The summed E-state index contributed by atoms with van der Waals surface area (Å²) in [7, 11) is 1.73. The van der Waals surface area contributed by atoms with Crippen LogP contribution in [-0.4, -0.2) is 42.0 Å². The highest BCUT2D eigenvalue weighted by atomic mass is 35.5. The molecule has 1 fully saturated rings. The average Bonchev–Trinajstić information content (AvgIpc) is 2.94. The first-order chi connectivity index (χ1) is 9.74. The standard InChI is InChI=1S/C14H22ClN3O2/c1-20-13-5-8-17(11-13)12-9-14(19)18(16-10-12)7-4-2-3-6-15/h9-10,13H,2-8,11H2,1H3. The molecule has 112 valence electrons. The fourth-order valence-corrected chi connectivity index (χ4v) is 2.64. The topological polar surface area (TPSA) is 47.4 Å². The molecule has 0 amide bonds. The van der Waals surface area contributed by atoms with E-state index in [1.807, 2.05) is 0 Å². The average molecular weight is 300 g/mol. The summed E-state index contributed by atoms with van der Waals surface area (Å²) in [6.45, 7) is 2.41. The SMILES string of the molecule is COC1CCN(c2cnn(CCCCCCl)c(=O)c2)C1. The van der Waals surface area contributed by atoms with Crippen molar-refractivity contribution in [1.29, 1.82) is 0 Å². The first-order valence-corrected chi connectivity index (χ1v) is 7.69. The Labute approximate surface area is 124 Å². The van der Waals surface area contributed by atoms with Gasteiger partial charge in [0.2, 0.25) is 0 Å². The van der Waals surface area contributed by atoms with E-state index in [4.69, 9.17) is 16.3 Å². The Kier molecular flexibility index (Phi) is 5.86. The number of methoxy groups -OCH3 is 1. The lowest BCUT2D eigenvalue weighted by atomic mass is 10.2. The second kappa shape index (κ2) is 7.64. The summed E-state index contributed by atoms with van der Waals surface area (Å²) in [6.07, 6.45) is 5.99. The highest BCUT2D eigenvalue weighted by Crippen LogP contribution is 2.19. The van der Waals surface area contributed by atoms with E-state index in [1.54, 1.807) is 19.4 Å². The number of unbranched alkanes of at least 4 members (excludes halogenated alkanes) is 2. The lowest BCUT2D eigenvalue weighted by molar-refractivity contribution is 0.121. The highest BCUT2D eigenvalue weighted by Gasteiger charge is 2.22. The molecule has 20 heavy (non-hydrogen) atoms. The number of aryl methyl sites for hydroxylation is 1. The van der Waals surface area contributed by atoms with Crippen molar-refractivity contribution in [3.05, 3.63) is 22.6 Å². The summed E-state index contributed by atoms with van der Waals surface area (Å²) in [5.74, 6) is 0.677. The first kappa shape index (κ1) is 15.3. The molecule has 1 aromatic rings. The van der Waals surface area contributed by atoms with Gasteiger partial charge in [-0.05, 0) is 19.3 Å². The molecule has 5 nitrogen and oxygen atoms in total. The molecule has 1 aliphatic heterocycles. The Balaban J connectivity index is 1.94. The Bertz CT molecular complexity index is 478. The lowest BCUT2D eigenvalue weighted by Crippen LogP contribution is -2.27. The second-order valence-electron chi connectivity index (χ2n) is 5.12. The smallest absolute Gasteiger partial charge is 0.268 e. The van der Waals surface area contributed by atoms with E-state index >= 15 is 0 Å². The van der Waals surface area contributed by atoms with Gasteiger partial charge in [-0.25, -0.2) is 4.68 Å². The predicted octanol–water partition coefficient (Wildman–Crippen LogP) is 1.88. The van der Waals surface area contributed by atoms with Crippen molar-refractivity contribution < 1.29 is 4.74 Å². The third kappa shape index (κ3) is 3.96. The molecule has 0 bridgehead atoms. The predicted molar refractivity (Wildman–Crippen MR) is 80.7 cm³/mol. The summed E-state index contributed by atoms with van der Waals surface area (Å²) in [5.41, 5.74) is 0.862. The molecule has 1 atom stereocenters. The maximum atomic E-state index is 12.0. The molecular formula is C14H22ClN3O2. The summed E-state index contributed by atoms with van der Waals surface area (Å²) in [6, 6.07) is 1.67. The van der Waals surface area contributed by atoms with E-state index < -0.39 is 0 Å². The number of aromatic nitrogens is 2. The second-order valence-corrected chi connectivity index (χ2v) is 5.50. The minimum atomic E-state index is -0.0331. The molecule has 0 radical (unpaired) electrons. The minimum Gasteiger partial charge on any atom is -0.380 e. The monoisotopic (exact) mass is 299 g/mol. The third-order valence-corrected chi connectivity index (χ3v) is 3.97.